The van der Waals surface area contributed by atoms with Crippen molar-refractivity contribution in [2.24, 2.45) is 0 Å². The summed E-state index contributed by atoms with van der Waals surface area (Å²) in [5.74, 6) is -4.54. The van der Waals surface area contributed by atoms with Crippen molar-refractivity contribution in [1.29, 1.82) is 0 Å². The van der Waals surface area contributed by atoms with Crippen LogP contribution in [0, 0.1) is 0 Å². The first-order chi connectivity index (χ1) is 17.7. The molecule has 196 valence electrons. The molecule has 15 heteroatoms. The SMILES string of the molecule is O=C[C@H](CC(=O)O)NC(=O)[C@@H]1CCCN2C(=O)CCN(NC(=O)C(=O)C3=C4CC=CC=C4NS3)C(=O)N12. The molecule has 0 aromatic rings. The van der Waals surface area contributed by atoms with E-state index < -0.39 is 54.0 Å². The zero-order chi connectivity index (χ0) is 26.7. The van der Waals surface area contributed by atoms with Gasteiger partial charge in [0.25, 0.3) is 5.78 Å². The van der Waals surface area contributed by atoms with E-state index in [9.17, 15) is 33.6 Å². The lowest BCUT2D eigenvalue weighted by Gasteiger charge is -2.42. The first-order valence-electron chi connectivity index (χ1n) is 11.5. The number of amides is 5. The monoisotopic (exact) mass is 532 g/mol. The van der Waals surface area contributed by atoms with E-state index in [0.29, 0.717) is 18.4 Å². The molecule has 14 nitrogen and oxygen atoms in total. The molecule has 2 saturated heterocycles. The Kier molecular flexibility index (Phi) is 7.61. The Labute approximate surface area is 214 Å². The van der Waals surface area contributed by atoms with Crippen LogP contribution in [-0.2, 0) is 28.8 Å². The van der Waals surface area contributed by atoms with Crippen LogP contribution >= 0.6 is 11.9 Å². The van der Waals surface area contributed by atoms with Crippen molar-refractivity contribution in [3.63, 3.8) is 0 Å². The number of Topliss-reactive ketones (excluding diaryl/α,β-unsaturated/α-hetero) is 1. The Hall–Kier alpha value is -4.14. The average molecular weight is 533 g/mol. The summed E-state index contributed by atoms with van der Waals surface area (Å²) in [5, 5.41) is 14.0. The third kappa shape index (κ3) is 5.35. The highest BCUT2D eigenvalue weighted by Gasteiger charge is 2.45. The number of ketones is 1. The second-order valence-electron chi connectivity index (χ2n) is 8.55. The molecule has 0 radical (unpaired) electrons. The van der Waals surface area contributed by atoms with Crippen LogP contribution in [0.25, 0.3) is 0 Å². The molecule has 4 aliphatic rings. The molecule has 5 amide bonds. The standard InChI is InChI=1S/C22H24N6O8S/c29-11-12(10-17(31)32)23-20(34)15-6-3-8-27-16(30)7-9-26(22(36)28(15)27)24-21(35)18(33)19-13-4-1-2-5-14(13)25-37-19/h1-2,5,11-12,15,25H,3-4,6-10H2,(H,23,34)(H,24,35)(H,31,32)/t12-,15-/m0/s1. The van der Waals surface area contributed by atoms with Crippen molar-refractivity contribution in [3.8, 4) is 0 Å². The third-order valence-electron chi connectivity index (χ3n) is 6.09. The number of rotatable bonds is 8. The summed E-state index contributed by atoms with van der Waals surface area (Å²) in [4.78, 5) is 87.2. The van der Waals surface area contributed by atoms with Crippen LogP contribution in [0.15, 0.2) is 34.4 Å². The lowest BCUT2D eigenvalue weighted by Crippen LogP contribution is -2.65. The van der Waals surface area contributed by atoms with E-state index in [4.69, 9.17) is 5.11 Å². The maximum absolute atomic E-state index is 13.4. The number of allylic oxidation sites excluding steroid dienone is 4. The van der Waals surface area contributed by atoms with Crippen molar-refractivity contribution in [1.82, 2.24) is 30.5 Å². The summed E-state index contributed by atoms with van der Waals surface area (Å²) in [6.07, 6.45) is 5.83. The fraction of sp³-hybridized carbons (Fsp3) is 0.409. The molecule has 4 N–H and O–H groups in total. The first kappa shape index (κ1) is 25.9. The normalized spacial score (nSPS) is 21.8. The summed E-state index contributed by atoms with van der Waals surface area (Å²) in [5.41, 5.74) is 3.65. The van der Waals surface area contributed by atoms with Gasteiger partial charge >= 0.3 is 17.9 Å². The summed E-state index contributed by atoms with van der Waals surface area (Å²) < 4.78 is 2.97. The van der Waals surface area contributed by atoms with Gasteiger partial charge in [-0.1, -0.05) is 12.2 Å². The average Bonchev–Trinajstić information content (AvgIpc) is 3.28. The van der Waals surface area contributed by atoms with Crippen LogP contribution in [0.5, 0.6) is 0 Å². The fourth-order valence-corrected chi connectivity index (χ4v) is 5.22. The van der Waals surface area contributed by atoms with E-state index in [0.717, 1.165) is 32.7 Å². The number of nitrogens with zero attached hydrogens (tertiary/aromatic N) is 3. The maximum Gasteiger partial charge on any atom is 0.358 e. The second kappa shape index (κ2) is 10.9. The minimum absolute atomic E-state index is 0.127. The number of urea groups is 1. The highest BCUT2D eigenvalue weighted by Crippen LogP contribution is 2.35. The molecule has 3 aliphatic heterocycles. The molecule has 0 aromatic heterocycles. The van der Waals surface area contributed by atoms with E-state index in [2.05, 4.69) is 15.5 Å². The van der Waals surface area contributed by atoms with E-state index in [-0.39, 0.29) is 37.1 Å². The Morgan fingerprint density at radius 2 is 2.03 bits per heavy atom. The van der Waals surface area contributed by atoms with Crippen LogP contribution in [-0.4, -0.2) is 87.1 Å². The molecule has 0 bridgehead atoms. The van der Waals surface area contributed by atoms with Gasteiger partial charge in [-0.15, -0.1) is 0 Å². The lowest BCUT2D eigenvalue weighted by atomic mass is 10.0. The minimum atomic E-state index is -1.33. The highest BCUT2D eigenvalue weighted by atomic mass is 32.2. The van der Waals surface area contributed by atoms with Crippen molar-refractivity contribution in [2.75, 3.05) is 13.1 Å². The van der Waals surface area contributed by atoms with Gasteiger partial charge in [0.1, 0.15) is 12.3 Å². The number of aliphatic carboxylic acids is 1. The van der Waals surface area contributed by atoms with Crippen molar-refractivity contribution < 1.29 is 38.7 Å². The van der Waals surface area contributed by atoms with Crippen molar-refractivity contribution in [2.45, 2.75) is 44.2 Å². The molecule has 1 aliphatic carbocycles. The van der Waals surface area contributed by atoms with Crippen molar-refractivity contribution in [3.05, 3.63) is 34.4 Å². The predicted octanol–water partition coefficient (Wildman–Crippen LogP) is -0.872. The molecular weight excluding hydrogens is 508 g/mol. The third-order valence-corrected chi connectivity index (χ3v) is 7.05. The zero-order valence-electron chi connectivity index (χ0n) is 19.5. The number of carboxylic acid groups (broad SMARTS) is 1. The van der Waals surface area contributed by atoms with Crippen LogP contribution in [0.2, 0.25) is 0 Å². The minimum Gasteiger partial charge on any atom is -0.481 e. The number of hydrazine groups is 2. The molecule has 0 saturated carbocycles. The van der Waals surface area contributed by atoms with Crippen LogP contribution in [0.1, 0.15) is 32.1 Å². The fourth-order valence-electron chi connectivity index (χ4n) is 4.31. The van der Waals surface area contributed by atoms with Gasteiger partial charge in [0.2, 0.25) is 11.8 Å². The van der Waals surface area contributed by atoms with Gasteiger partial charge in [-0.3, -0.25) is 29.4 Å². The van der Waals surface area contributed by atoms with Gasteiger partial charge in [0.15, 0.2) is 0 Å². The summed E-state index contributed by atoms with van der Waals surface area (Å²) in [6, 6.07) is -3.48. The van der Waals surface area contributed by atoms with E-state index in [1.807, 2.05) is 12.2 Å². The number of carboxylic acids is 1. The smallest absolute Gasteiger partial charge is 0.358 e. The lowest BCUT2D eigenvalue weighted by molar-refractivity contribution is -0.155. The quantitative estimate of drug-likeness (QED) is 0.174. The Morgan fingerprint density at radius 3 is 2.76 bits per heavy atom. The van der Waals surface area contributed by atoms with Gasteiger partial charge in [0, 0.05) is 18.7 Å². The first-order valence-corrected chi connectivity index (χ1v) is 12.3. The molecule has 2 atom stereocenters. The molecular formula is C22H24N6O8S. The van der Waals surface area contributed by atoms with Crippen LogP contribution in [0.4, 0.5) is 4.79 Å². The zero-order valence-corrected chi connectivity index (χ0v) is 20.3. The Morgan fingerprint density at radius 1 is 1.24 bits per heavy atom. The highest BCUT2D eigenvalue weighted by molar-refractivity contribution is 8.02. The summed E-state index contributed by atoms with van der Waals surface area (Å²) in [7, 11) is 0. The Balaban J connectivity index is 1.51. The molecule has 0 aromatic carbocycles. The second-order valence-corrected chi connectivity index (χ2v) is 9.36. The van der Waals surface area contributed by atoms with Gasteiger partial charge < -0.3 is 19.9 Å². The molecule has 4 rings (SSSR count). The van der Waals surface area contributed by atoms with E-state index in [1.54, 1.807) is 6.08 Å². The van der Waals surface area contributed by atoms with E-state index >= 15 is 0 Å². The van der Waals surface area contributed by atoms with Crippen LogP contribution < -0.4 is 15.5 Å². The maximum atomic E-state index is 13.4. The molecule has 2 fully saturated rings. The van der Waals surface area contributed by atoms with Gasteiger partial charge in [-0.2, -0.15) is 0 Å². The van der Waals surface area contributed by atoms with Gasteiger partial charge in [-0.05, 0) is 42.9 Å². The molecule has 0 unspecified atom stereocenters. The number of nitrogens with one attached hydrogen (secondary N) is 3. The number of carbonyl (C=O) groups excluding carboxylic acids is 6. The summed E-state index contributed by atoms with van der Waals surface area (Å²) in [6.45, 7) is -0.0956. The van der Waals surface area contributed by atoms with Crippen molar-refractivity contribution >= 4 is 53.7 Å². The number of hydrogen-bond donors (Lipinski definition) is 4. The van der Waals surface area contributed by atoms with Crippen LogP contribution in [0.3, 0.4) is 0 Å². The number of carbonyl (C=O) groups is 7. The summed E-state index contributed by atoms with van der Waals surface area (Å²) >= 11 is 0.997. The Bertz CT molecular complexity index is 1160. The van der Waals surface area contributed by atoms with Gasteiger partial charge in [0.05, 0.1) is 23.9 Å². The topological polar surface area (TPSA) is 186 Å². The number of fused-ring (bicyclic) bond motifs is 2. The number of hydrogen-bond acceptors (Lipinski definition) is 9. The van der Waals surface area contributed by atoms with E-state index in [1.165, 1.54) is 0 Å². The number of aldehydes is 1. The molecule has 0 spiro atoms. The molecule has 3 heterocycles. The molecule has 37 heavy (non-hydrogen) atoms. The largest absolute Gasteiger partial charge is 0.481 e. The van der Waals surface area contributed by atoms with Gasteiger partial charge in [-0.25, -0.2) is 19.8 Å². The predicted molar refractivity (Wildman–Crippen MR) is 126 cm³/mol.